The molecule has 0 bridgehead atoms. The molecule has 0 aliphatic carbocycles. The molecule has 126 valence electrons. The maximum Gasteiger partial charge on any atom is 0.223 e. The second-order valence-electron chi connectivity index (χ2n) is 5.85. The minimum atomic E-state index is -0.435. The van der Waals surface area contributed by atoms with Crippen LogP contribution in [0.4, 0.5) is 8.78 Å². The van der Waals surface area contributed by atoms with Crippen molar-refractivity contribution in [1.82, 2.24) is 4.90 Å². The monoisotopic (exact) mass is 331 g/mol. The maximum absolute atomic E-state index is 13.9. The molecule has 0 spiro atoms. The summed E-state index contributed by atoms with van der Waals surface area (Å²) in [5, 5.41) is 0. The van der Waals surface area contributed by atoms with Gasteiger partial charge >= 0.3 is 0 Å². The highest BCUT2D eigenvalue weighted by molar-refractivity contribution is 5.76. The van der Waals surface area contributed by atoms with E-state index in [0.717, 1.165) is 5.56 Å². The Morgan fingerprint density at radius 3 is 2.62 bits per heavy atom. The smallest absolute Gasteiger partial charge is 0.223 e. The highest BCUT2D eigenvalue weighted by Gasteiger charge is 2.26. The molecule has 0 saturated carbocycles. The molecule has 24 heavy (non-hydrogen) atoms. The van der Waals surface area contributed by atoms with Crippen molar-refractivity contribution in [3.63, 3.8) is 0 Å². The van der Waals surface area contributed by atoms with E-state index in [1.807, 2.05) is 0 Å². The fraction of sp³-hybridized carbons (Fsp3) is 0.316. The van der Waals surface area contributed by atoms with E-state index >= 15 is 0 Å². The van der Waals surface area contributed by atoms with Crippen LogP contribution in [0.1, 0.15) is 23.7 Å². The molecule has 2 aromatic rings. The highest BCUT2D eigenvalue weighted by atomic mass is 19.1. The first-order valence-electron chi connectivity index (χ1n) is 8.02. The normalized spacial score (nSPS) is 17.8. The van der Waals surface area contributed by atoms with E-state index in [-0.39, 0.29) is 17.5 Å². The van der Waals surface area contributed by atoms with E-state index < -0.39 is 6.10 Å². The lowest BCUT2D eigenvalue weighted by Crippen LogP contribution is -2.42. The van der Waals surface area contributed by atoms with Crippen LogP contribution in [0.15, 0.2) is 48.5 Å². The fourth-order valence-electron chi connectivity index (χ4n) is 2.86. The topological polar surface area (TPSA) is 29.5 Å². The Hall–Kier alpha value is -2.27. The predicted molar refractivity (Wildman–Crippen MR) is 86.4 cm³/mol. The van der Waals surface area contributed by atoms with Crippen LogP contribution in [0.25, 0.3) is 0 Å². The summed E-state index contributed by atoms with van der Waals surface area (Å²) in [5.41, 5.74) is 1.40. The molecule has 0 aromatic heterocycles. The van der Waals surface area contributed by atoms with Crippen molar-refractivity contribution in [1.29, 1.82) is 0 Å². The van der Waals surface area contributed by atoms with Gasteiger partial charge in [0.15, 0.2) is 0 Å². The Morgan fingerprint density at radius 2 is 1.88 bits per heavy atom. The van der Waals surface area contributed by atoms with Crippen molar-refractivity contribution in [2.24, 2.45) is 0 Å². The van der Waals surface area contributed by atoms with Crippen LogP contribution in [-0.2, 0) is 16.0 Å². The van der Waals surface area contributed by atoms with E-state index in [2.05, 4.69) is 0 Å². The molecule has 1 saturated heterocycles. The minimum absolute atomic E-state index is 0.00367. The Balaban J connectivity index is 1.59. The summed E-state index contributed by atoms with van der Waals surface area (Å²) in [6.07, 6.45) is 0.464. The Morgan fingerprint density at radius 1 is 1.12 bits per heavy atom. The molecule has 0 N–H and O–H groups in total. The molecule has 2 aromatic carbocycles. The van der Waals surface area contributed by atoms with Gasteiger partial charge < -0.3 is 9.64 Å². The van der Waals surface area contributed by atoms with Gasteiger partial charge in [-0.15, -0.1) is 0 Å². The molecule has 1 aliphatic rings. The predicted octanol–water partition coefficient (Wildman–Crippen LogP) is 3.50. The third-order valence-electron chi connectivity index (χ3n) is 4.21. The molecule has 3 rings (SSSR count). The number of morpholine rings is 1. The molecule has 1 atom stereocenters. The quantitative estimate of drug-likeness (QED) is 0.858. The number of ether oxygens (including phenoxy) is 1. The SMILES string of the molecule is O=C(CCc1ccc(F)cc1)N1CCOC(c2ccccc2F)C1. The summed E-state index contributed by atoms with van der Waals surface area (Å²) < 4.78 is 32.4. The van der Waals surface area contributed by atoms with Crippen molar-refractivity contribution in [2.45, 2.75) is 18.9 Å². The zero-order valence-corrected chi connectivity index (χ0v) is 13.3. The Bertz CT molecular complexity index is 703. The number of amides is 1. The van der Waals surface area contributed by atoms with Crippen molar-refractivity contribution in [2.75, 3.05) is 19.7 Å². The lowest BCUT2D eigenvalue weighted by molar-refractivity contribution is -0.139. The summed E-state index contributed by atoms with van der Waals surface area (Å²) in [4.78, 5) is 14.1. The van der Waals surface area contributed by atoms with E-state index in [1.54, 1.807) is 35.2 Å². The first-order valence-corrected chi connectivity index (χ1v) is 8.02. The zero-order chi connectivity index (χ0) is 16.9. The van der Waals surface area contributed by atoms with Crippen LogP contribution in [0, 0.1) is 11.6 Å². The van der Waals surface area contributed by atoms with Crippen molar-refractivity contribution in [3.05, 3.63) is 71.3 Å². The largest absolute Gasteiger partial charge is 0.370 e. The van der Waals surface area contributed by atoms with Gasteiger partial charge in [-0.05, 0) is 30.2 Å². The van der Waals surface area contributed by atoms with Gasteiger partial charge in [0.2, 0.25) is 5.91 Å². The maximum atomic E-state index is 13.9. The Labute approximate surface area is 139 Å². The second-order valence-corrected chi connectivity index (χ2v) is 5.85. The van der Waals surface area contributed by atoms with Crippen LogP contribution in [0.5, 0.6) is 0 Å². The minimum Gasteiger partial charge on any atom is -0.370 e. The number of aryl methyl sites for hydroxylation is 1. The van der Waals surface area contributed by atoms with Crippen molar-refractivity contribution in [3.8, 4) is 0 Å². The van der Waals surface area contributed by atoms with Crippen molar-refractivity contribution < 1.29 is 18.3 Å². The van der Waals surface area contributed by atoms with Gasteiger partial charge in [0.1, 0.15) is 17.7 Å². The van der Waals surface area contributed by atoms with Gasteiger partial charge in [-0.2, -0.15) is 0 Å². The van der Waals surface area contributed by atoms with Crippen LogP contribution in [0.2, 0.25) is 0 Å². The Kier molecular flexibility index (Phi) is 5.20. The lowest BCUT2D eigenvalue weighted by atomic mass is 10.1. The van der Waals surface area contributed by atoms with Gasteiger partial charge in [0.25, 0.3) is 0 Å². The summed E-state index contributed by atoms with van der Waals surface area (Å²) >= 11 is 0. The number of hydrogen-bond acceptors (Lipinski definition) is 2. The molecule has 3 nitrogen and oxygen atoms in total. The fourth-order valence-corrected chi connectivity index (χ4v) is 2.86. The molecule has 1 heterocycles. The van der Waals surface area contributed by atoms with Crippen LogP contribution in [-0.4, -0.2) is 30.5 Å². The first-order chi connectivity index (χ1) is 11.6. The first kappa shape index (κ1) is 16.6. The van der Waals surface area contributed by atoms with Gasteiger partial charge in [-0.1, -0.05) is 30.3 Å². The van der Waals surface area contributed by atoms with E-state index in [4.69, 9.17) is 4.74 Å². The van der Waals surface area contributed by atoms with Crippen LogP contribution < -0.4 is 0 Å². The number of carbonyl (C=O) groups excluding carboxylic acids is 1. The van der Waals surface area contributed by atoms with Gasteiger partial charge in [-0.25, -0.2) is 8.78 Å². The lowest BCUT2D eigenvalue weighted by Gasteiger charge is -2.33. The average Bonchev–Trinajstić information content (AvgIpc) is 2.61. The number of carbonyl (C=O) groups is 1. The third-order valence-corrected chi connectivity index (χ3v) is 4.21. The second kappa shape index (κ2) is 7.53. The molecule has 1 aliphatic heterocycles. The van der Waals surface area contributed by atoms with Crippen LogP contribution >= 0.6 is 0 Å². The summed E-state index contributed by atoms with van der Waals surface area (Å²) in [6.45, 7) is 1.25. The molecule has 1 amide bonds. The zero-order valence-electron chi connectivity index (χ0n) is 13.3. The molecule has 0 radical (unpaired) electrons. The van der Waals surface area contributed by atoms with E-state index in [1.165, 1.54) is 18.2 Å². The summed E-state index contributed by atoms with van der Waals surface area (Å²) in [5.74, 6) is -0.599. The highest BCUT2D eigenvalue weighted by Crippen LogP contribution is 2.25. The van der Waals surface area contributed by atoms with Crippen LogP contribution in [0.3, 0.4) is 0 Å². The van der Waals surface area contributed by atoms with E-state index in [0.29, 0.717) is 38.1 Å². The number of nitrogens with zero attached hydrogens (tertiary/aromatic N) is 1. The third kappa shape index (κ3) is 3.97. The van der Waals surface area contributed by atoms with E-state index in [9.17, 15) is 13.6 Å². The van der Waals surface area contributed by atoms with Gasteiger partial charge in [0.05, 0.1) is 13.2 Å². The average molecular weight is 331 g/mol. The molecule has 5 heteroatoms. The summed E-state index contributed by atoms with van der Waals surface area (Å²) in [6, 6.07) is 12.6. The van der Waals surface area contributed by atoms with Gasteiger partial charge in [-0.3, -0.25) is 4.79 Å². The molecular formula is C19H19F2NO2. The number of benzene rings is 2. The standard InChI is InChI=1S/C19H19F2NO2/c20-15-8-5-14(6-9-15)7-10-19(23)22-11-12-24-18(13-22)16-3-1-2-4-17(16)21/h1-6,8-9,18H,7,10-13H2. The van der Waals surface area contributed by atoms with Crippen molar-refractivity contribution >= 4 is 5.91 Å². The number of halogens is 2. The number of rotatable bonds is 4. The summed E-state index contributed by atoms with van der Waals surface area (Å²) in [7, 11) is 0. The molecule has 1 fully saturated rings. The molecular weight excluding hydrogens is 312 g/mol. The number of hydrogen-bond donors (Lipinski definition) is 0. The van der Waals surface area contributed by atoms with Gasteiger partial charge in [0, 0.05) is 18.5 Å². The molecule has 1 unspecified atom stereocenters.